The van der Waals surface area contributed by atoms with E-state index in [9.17, 15) is 9.59 Å². The van der Waals surface area contributed by atoms with Gasteiger partial charge < -0.3 is 14.4 Å². The molecule has 1 aromatic carbocycles. The first-order chi connectivity index (χ1) is 10.5. The third-order valence-electron chi connectivity index (χ3n) is 4.47. The zero-order valence-electron chi connectivity index (χ0n) is 13.4. The van der Waals surface area contributed by atoms with Crippen LogP contribution < -0.4 is 0 Å². The van der Waals surface area contributed by atoms with Crippen molar-refractivity contribution in [3.63, 3.8) is 0 Å². The number of nitrogens with zero attached hydrogens (tertiary/aromatic N) is 1. The Labute approximate surface area is 131 Å². The molecular weight excluding hydrogens is 282 g/mol. The van der Waals surface area contributed by atoms with E-state index in [2.05, 4.69) is 0 Å². The van der Waals surface area contributed by atoms with Crippen LogP contribution >= 0.6 is 0 Å². The van der Waals surface area contributed by atoms with Crippen molar-refractivity contribution in [3.8, 4) is 0 Å². The SMILES string of the molecule is CC[C@@H]1CN(C(=O)OCc2ccccc2)C[C@@]1(C)C(=O)OC. The molecule has 120 valence electrons. The number of ether oxygens (including phenoxy) is 2. The van der Waals surface area contributed by atoms with Gasteiger partial charge in [0.05, 0.1) is 12.5 Å². The summed E-state index contributed by atoms with van der Waals surface area (Å²) in [6.07, 6.45) is 0.434. The molecule has 1 aromatic rings. The predicted molar refractivity (Wildman–Crippen MR) is 82.1 cm³/mol. The molecule has 0 aromatic heterocycles. The number of carbonyl (C=O) groups is 2. The van der Waals surface area contributed by atoms with Gasteiger partial charge in [0, 0.05) is 13.1 Å². The van der Waals surface area contributed by atoms with Crippen molar-refractivity contribution in [2.45, 2.75) is 26.9 Å². The van der Waals surface area contributed by atoms with Crippen molar-refractivity contribution < 1.29 is 19.1 Å². The van der Waals surface area contributed by atoms with Crippen LogP contribution in [0.4, 0.5) is 4.79 Å². The van der Waals surface area contributed by atoms with Crippen LogP contribution in [0.2, 0.25) is 0 Å². The standard InChI is InChI=1S/C17H23NO4/c1-4-14-10-18(12-17(14,2)15(19)21-3)16(20)22-11-13-8-6-5-7-9-13/h5-9,14H,4,10-12H2,1-3H3/t14-,17-/m1/s1. The van der Waals surface area contributed by atoms with Crippen molar-refractivity contribution >= 4 is 12.1 Å². The van der Waals surface area contributed by atoms with Crippen molar-refractivity contribution in [2.24, 2.45) is 11.3 Å². The molecule has 5 nitrogen and oxygen atoms in total. The molecule has 1 aliphatic heterocycles. The molecule has 0 spiro atoms. The van der Waals surface area contributed by atoms with Gasteiger partial charge in [-0.05, 0) is 18.4 Å². The summed E-state index contributed by atoms with van der Waals surface area (Å²) in [6.45, 7) is 4.98. The fourth-order valence-electron chi connectivity index (χ4n) is 3.05. The third kappa shape index (κ3) is 3.24. The van der Waals surface area contributed by atoms with Crippen molar-refractivity contribution in [3.05, 3.63) is 35.9 Å². The van der Waals surface area contributed by atoms with Gasteiger partial charge in [-0.1, -0.05) is 43.7 Å². The second kappa shape index (κ2) is 6.81. The average molecular weight is 305 g/mol. The molecule has 2 atom stereocenters. The Kier molecular flexibility index (Phi) is 5.06. The molecule has 1 aliphatic rings. The quantitative estimate of drug-likeness (QED) is 0.803. The molecule has 0 unspecified atom stereocenters. The smallest absolute Gasteiger partial charge is 0.410 e. The molecule has 2 rings (SSSR count). The van der Waals surface area contributed by atoms with E-state index >= 15 is 0 Å². The lowest BCUT2D eigenvalue weighted by Crippen LogP contribution is -2.38. The summed E-state index contributed by atoms with van der Waals surface area (Å²) < 4.78 is 10.3. The van der Waals surface area contributed by atoms with Gasteiger partial charge in [-0.2, -0.15) is 0 Å². The molecule has 0 saturated carbocycles. The van der Waals surface area contributed by atoms with Gasteiger partial charge in [0.2, 0.25) is 0 Å². The Morgan fingerprint density at radius 3 is 2.59 bits per heavy atom. The molecule has 0 N–H and O–H groups in total. The number of benzene rings is 1. The summed E-state index contributed by atoms with van der Waals surface area (Å²) in [5, 5.41) is 0. The zero-order valence-corrected chi connectivity index (χ0v) is 13.4. The van der Waals surface area contributed by atoms with Gasteiger partial charge >= 0.3 is 12.1 Å². The highest BCUT2D eigenvalue weighted by Gasteiger charge is 2.50. The van der Waals surface area contributed by atoms with Crippen LogP contribution in [-0.4, -0.2) is 37.2 Å². The molecular formula is C17H23NO4. The van der Waals surface area contributed by atoms with E-state index in [4.69, 9.17) is 9.47 Å². The van der Waals surface area contributed by atoms with E-state index < -0.39 is 5.41 Å². The maximum Gasteiger partial charge on any atom is 0.410 e. The summed E-state index contributed by atoms with van der Waals surface area (Å²) in [6, 6.07) is 9.54. The Bertz CT molecular complexity index is 531. The topological polar surface area (TPSA) is 55.8 Å². The van der Waals surface area contributed by atoms with E-state index in [0.717, 1.165) is 12.0 Å². The number of hydrogen-bond acceptors (Lipinski definition) is 4. The first kappa shape index (κ1) is 16.3. The number of carbonyl (C=O) groups excluding carboxylic acids is 2. The lowest BCUT2D eigenvalue weighted by molar-refractivity contribution is -0.153. The Morgan fingerprint density at radius 1 is 1.32 bits per heavy atom. The minimum absolute atomic E-state index is 0.0872. The first-order valence-electron chi connectivity index (χ1n) is 7.55. The summed E-state index contributed by atoms with van der Waals surface area (Å²) >= 11 is 0. The van der Waals surface area contributed by atoms with Crippen LogP contribution in [0.3, 0.4) is 0 Å². The van der Waals surface area contributed by atoms with Crippen LogP contribution in [0, 0.1) is 11.3 Å². The number of amides is 1. The fourth-order valence-corrected chi connectivity index (χ4v) is 3.05. The number of likely N-dealkylation sites (tertiary alicyclic amines) is 1. The molecule has 1 amide bonds. The van der Waals surface area contributed by atoms with Crippen molar-refractivity contribution in [2.75, 3.05) is 20.2 Å². The van der Waals surface area contributed by atoms with Crippen LogP contribution in [0.5, 0.6) is 0 Å². The average Bonchev–Trinajstić information content (AvgIpc) is 2.91. The fraction of sp³-hybridized carbons (Fsp3) is 0.529. The van der Waals surface area contributed by atoms with E-state index in [1.165, 1.54) is 7.11 Å². The van der Waals surface area contributed by atoms with Crippen LogP contribution in [0.1, 0.15) is 25.8 Å². The van der Waals surface area contributed by atoms with Gasteiger partial charge in [0.15, 0.2) is 0 Å². The lowest BCUT2D eigenvalue weighted by Gasteiger charge is -2.26. The van der Waals surface area contributed by atoms with Gasteiger partial charge in [-0.3, -0.25) is 4.79 Å². The number of rotatable bonds is 4. The second-order valence-electron chi connectivity index (χ2n) is 5.93. The van der Waals surface area contributed by atoms with Crippen LogP contribution in [0.25, 0.3) is 0 Å². The highest BCUT2D eigenvalue weighted by atomic mass is 16.6. The minimum Gasteiger partial charge on any atom is -0.469 e. The summed E-state index contributed by atoms with van der Waals surface area (Å²) in [4.78, 5) is 25.9. The van der Waals surface area contributed by atoms with Gasteiger partial charge in [0.1, 0.15) is 6.61 Å². The number of hydrogen-bond donors (Lipinski definition) is 0. The lowest BCUT2D eigenvalue weighted by atomic mass is 9.78. The van der Waals surface area contributed by atoms with Crippen LogP contribution in [-0.2, 0) is 20.9 Å². The molecule has 5 heteroatoms. The maximum absolute atomic E-state index is 12.2. The minimum atomic E-state index is -0.657. The van der Waals surface area contributed by atoms with Crippen molar-refractivity contribution in [1.29, 1.82) is 0 Å². The zero-order chi connectivity index (χ0) is 16.2. The molecule has 1 fully saturated rings. The third-order valence-corrected chi connectivity index (χ3v) is 4.47. The summed E-state index contributed by atoms with van der Waals surface area (Å²) in [5.74, 6) is -0.179. The molecule has 1 heterocycles. The van der Waals surface area contributed by atoms with Gasteiger partial charge in [0.25, 0.3) is 0 Å². The number of methoxy groups -OCH3 is 1. The van der Waals surface area contributed by atoms with Gasteiger partial charge in [-0.25, -0.2) is 4.79 Å². The molecule has 1 saturated heterocycles. The Balaban J connectivity index is 1.98. The van der Waals surface area contributed by atoms with E-state index in [0.29, 0.717) is 13.1 Å². The maximum atomic E-state index is 12.2. The van der Waals surface area contributed by atoms with Crippen molar-refractivity contribution in [1.82, 2.24) is 4.90 Å². The van der Waals surface area contributed by atoms with E-state index in [-0.39, 0.29) is 24.6 Å². The first-order valence-corrected chi connectivity index (χ1v) is 7.55. The highest BCUT2D eigenvalue weighted by molar-refractivity contribution is 5.79. The predicted octanol–water partition coefficient (Wildman–Crippen LogP) is 2.84. The van der Waals surface area contributed by atoms with E-state index in [1.807, 2.05) is 44.2 Å². The normalized spacial score (nSPS) is 24.1. The summed E-state index contributed by atoms with van der Waals surface area (Å²) in [5.41, 5.74) is 0.285. The molecule has 0 bridgehead atoms. The Morgan fingerprint density at radius 2 is 2.00 bits per heavy atom. The van der Waals surface area contributed by atoms with Gasteiger partial charge in [-0.15, -0.1) is 0 Å². The highest BCUT2D eigenvalue weighted by Crippen LogP contribution is 2.39. The molecule has 22 heavy (non-hydrogen) atoms. The van der Waals surface area contributed by atoms with E-state index in [1.54, 1.807) is 4.90 Å². The number of esters is 1. The summed E-state index contributed by atoms with van der Waals surface area (Å²) in [7, 11) is 1.39. The molecule has 0 radical (unpaired) electrons. The molecule has 0 aliphatic carbocycles. The second-order valence-corrected chi connectivity index (χ2v) is 5.93. The largest absolute Gasteiger partial charge is 0.469 e. The monoisotopic (exact) mass is 305 g/mol. The Hall–Kier alpha value is -2.04. The van der Waals surface area contributed by atoms with Crippen LogP contribution in [0.15, 0.2) is 30.3 Å².